The molecular weight excluding hydrogens is 445 g/mol. The summed E-state index contributed by atoms with van der Waals surface area (Å²) in [5.74, 6) is 0.113. The lowest BCUT2D eigenvalue weighted by molar-refractivity contribution is 0.459. The Morgan fingerprint density at radius 2 is 1.76 bits per heavy atom. The number of pyridine rings is 1. The van der Waals surface area contributed by atoms with Gasteiger partial charge in [0, 0.05) is 29.3 Å². The number of halogens is 1. The molecule has 5 rings (SSSR count). The van der Waals surface area contributed by atoms with E-state index in [9.17, 15) is 4.79 Å². The van der Waals surface area contributed by atoms with Gasteiger partial charge in [-0.05, 0) is 75.5 Å². The highest BCUT2D eigenvalue weighted by molar-refractivity contribution is 7.15. The molecule has 3 heterocycles. The highest BCUT2D eigenvalue weighted by Gasteiger charge is 2.24. The van der Waals surface area contributed by atoms with Gasteiger partial charge in [0.1, 0.15) is 5.82 Å². The summed E-state index contributed by atoms with van der Waals surface area (Å²) < 4.78 is 16.8. The Kier molecular flexibility index (Phi) is 6.19. The van der Waals surface area contributed by atoms with Crippen molar-refractivity contribution in [2.75, 3.05) is 13.1 Å². The van der Waals surface area contributed by atoms with Gasteiger partial charge in [0.15, 0.2) is 0 Å². The monoisotopic (exact) mass is 473 g/mol. The highest BCUT2D eigenvalue weighted by Crippen LogP contribution is 2.42. The summed E-state index contributed by atoms with van der Waals surface area (Å²) in [7, 11) is 0. The van der Waals surface area contributed by atoms with E-state index in [0.717, 1.165) is 69.5 Å². The molecule has 1 N–H and O–H groups in total. The number of aromatic nitrogens is 2. The summed E-state index contributed by atoms with van der Waals surface area (Å²) >= 11 is 1.58. The van der Waals surface area contributed by atoms with Crippen LogP contribution >= 0.6 is 11.3 Å². The van der Waals surface area contributed by atoms with Crippen molar-refractivity contribution in [2.24, 2.45) is 0 Å². The lowest BCUT2D eigenvalue weighted by atomic mass is 9.99. The maximum absolute atomic E-state index is 15.1. The maximum atomic E-state index is 15.1. The van der Waals surface area contributed by atoms with Crippen LogP contribution in [0.5, 0.6) is 0 Å². The van der Waals surface area contributed by atoms with Crippen molar-refractivity contribution >= 4 is 11.3 Å². The van der Waals surface area contributed by atoms with Crippen LogP contribution < -0.4 is 10.9 Å². The summed E-state index contributed by atoms with van der Waals surface area (Å²) in [6, 6.07) is 14.7. The average molecular weight is 474 g/mol. The van der Waals surface area contributed by atoms with Gasteiger partial charge >= 0.3 is 0 Å². The van der Waals surface area contributed by atoms with Crippen LogP contribution in [0.2, 0.25) is 0 Å². The number of para-hydroxylation sites is 1. The fourth-order valence-corrected chi connectivity index (χ4v) is 6.03. The zero-order chi connectivity index (χ0) is 23.8. The van der Waals surface area contributed by atoms with Gasteiger partial charge in [-0.25, -0.2) is 9.37 Å². The van der Waals surface area contributed by atoms with Crippen LogP contribution in [0.15, 0.2) is 59.5 Å². The van der Waals surface area contributed by atoms with Gasteiger partial charge in [-0.1, -0.05) is 30.3 Å². The van der Waals surface area contributed by atoms with Gasteiger partial charge in [-0.15, -0.1) is 11.3 Å². The molecule has 1 fully saturated rings. The first-order valence-electron chi connectivity index (χ1n) is 11.7. The van der Waals surface area contributed by atoms with Gasteiger partial charge in [0.25, 0.3) is 5.56 Å². The minimum Gasteiger partial charge on any atom is -0.317 e. The van der Waals surface area contributed by atoms with Crippen molar-refractivity contribution < 1.29 is 4.39 Å². The van der Waals surface area contributed by atoms with E-state index in [1.807, 2.05) is 63.4 Å². The summed E-state index contributed by atoms with van der Waals surface area (Å²) in [6.45, 7) is 7.83. The van der Waals surface area contributed by atoms with Gasteiger partial charge in [-0.2, -0.15) is 0 Å². The molecule has 4 nitrogen and oxygen atoms in total. The fourth-order valence-electron chi connectivity index (χ4n) is 4.75. The molecular formula is C28H28FN3OS. The van der Waals surface area contributed by atoms with Gasteiger partial charge < -0.3 is 5.32 Å². The third kappa shape index (κ3) is 4.24. The van der Waals surface area contributed by atoms with Crippen LogP contribution in [-0.2, 0) is 0 Å². The molecule has 1 aliphatic rings. The lowest BCUT2D eigenvalue weighted by Crippen LogP contribution is -2.26. The second-order valence-electron chi connectivity index (χ2n) is 9.10. The van der Waals surface area contributed by atoms with Crippen molar-refractivity contribution in [1.82, 2.24) is 14.9 Å². The smallest absolute Gasteiger partial charge is 0.255 e. The maximum Gasteiger partial charge on any atom is 0.255 e. The second kappa shape index (κ2) is 9.28. The molecule has 4 aromatic rings. The third-order valence-electron chi connectivity index (χ3n) is 6.57. The Morgan fingerprint density at radius 1 is 1.03 bits per heavy atom. The zero-order valence-corrected chi connectivity index (χ0v) is 20.5. The fraction of sp³-hybridized carbons (Fsp3) is 0.286. The average Bonchev–Trinajstić information content (AvgIpc) is 3.26. The van der Waals surface area contributed by atoms with E-state index in [4.69, 9.17) is 4.98 Å². The molecule has 0 radical (unpaired) electrons. The number of aryl methyl sites for hydroxylation is 3. The first kappa shape index (κ1) is 22.7. The molecule has 2 aromatic heterocycles. The molecule has 6 heteroatoms. The number of piperidine rings is 1. The SMILES string of the molecule is Cc1ccc(-c2sc(C3CCNCC3)nc2-c2ccc(=O)n(-c3c(C)cccc3C)c2)c(F)c1. The van der Waals surface area contributed by atoms with Crippen molar-refractivity contribution in [3.05, 3.63) is 92.6 Å². The van der Waals surface area contributed by atoms with Crippen molar-refractivity contribution in [2.45, 2.75) is 39.5 Å². The van der Waals surface area contributed by atoms with E-state index < -0.39 is 0 Å². The predicted octanol–water partition coefficient (Wildman–Crippen LogP) is 6.16. The number of benzene rings is 2. The minimum absolute atomic E-state index is 0.0991. The number of rotatable bonds is 4. The molecule has 174 valence electrons. The summed E-state index contributed by atoms with van der Waals surface area (Å²) in [4.78, 5) is 18.8. The molecule has 0 saturated carbocycles. The van der Waals surface area contributed by atoms with Crippen LogP contribution in [0.4, 0.5) is 4.39 Å². The van der Waals surface area contributed by atoms with Crippen LogP contribution in [0.1, 0.15) is 40.5 Å². The normalized spacial score (nSPS) is 14.5. The van der Waals surface area contributed by atoms with Gasteiger partial charge in [-0.3, -0.25) is 9.36 Å². The van der Waals surface area contributed by atoms with Crippen LogP contribution in [0.25, 0.3) is 27.4 Å². The molecule has 1 aliphatic heterocycles. The Morgan fingerprint density at radius 3 is 2.47 bits per heavy atom. The number of nitrogens with zero attached hydrogens (tertiary/aromatic N) is 2. The van der Waals surface area contributed by atoms with Crippen LogP contribution in [0.3, 0.4) is 0 Å². The topological polar surface area (TPSA) is 46.9 Å². The Bertz CT molecular complexity index is 1400. The van der Waals surface area contributed by atoms with Crippen molar-refractivity contribution in [3.63, 3.8) is 0 Å². The quantitative estimate of drug-likeness (QED) is 0.386. The van der Waals surface area contributed by atoms with Gasteiger partial charge in [0.05, 0.1) is 21.3 Å². The number of hydrogen-bond donors (Lipinski definition) is 1. The van der Waals surface area contributed by atoms with E-state index in [1.54, 1.807) is 28.0 Å². The summed E-state index contributed by atoms with van der Waals surface area (Å²) in [5, 5.41) is 4.44. The largest absolute Gasteiger partial charge is 0.317 e. The first-order chi connectivity index (χ1) is 16.4. The molecule has 0 bridgehead atoms. The van der Waals surface area contributed by atoms with E-state index in [1.165, 1.54) is 0 Å². The molecule has 0 amide bonds. The van der Waals surface area contributed by atoms with Gasteiger partial charge in [0.2, 0.25) is 0 Å². The molecule has 1 saturated heterocycles. The predicted molar refractivity (Wildman–Crippen MR) is 138 cm³/mol. The first-order valence-corrected chi connectivity index (χ1v) is 12.5. The summed E-state index contributed by atoms with van der Waals surface area (Å²) in [5.41, 5.74) is 5.83. The van der Waals surface area contributed by atoms with Crippen LogP contribution in [0, 0.1) is 26.6 Å². The van der Waals surface area contributed by atoms with E-state index in [0.29, 0.717) is 11.5 Å². The molecule has 34 heavy (non-hydrogen) atoms. The Labute approximate surface area is 203 Å². The number of thiazole rings is 1. The standard InChI is InChI=1S/C28H28FN3OS/c1-17-7-9-22(23(29)15-17)27-25(31-28(34-27)20-11-13-30-14-12-20)21-8-10-24(33)32(16-21)26-18(2)5-4-6-19(26)3/h4-10,15-16,20,30H,11-14H2,1-3H3. The van der Waals surface area contributed by atoms with E-state index in [-0.39, 0.29) is 11.4 Å². The molecule has 0 atom stereocenters. The molecule has 0 aliphatic carbocycles. The summed E-state index contributed by atoms with van der Waals surface area (Å²) in [6.07, 6.45) is 3.89. The highest BCUT2D eigenvalue weighted by atomic mass is 32.1. The Balaban J connectivity index is 1.70. The molecule has 2 aromatic carbocycles. The third-order valence-corrected chi connectivity index (χ3v) is 7.82. The Hall–Kier alpha value is -3.09. The molecule has 0 unspecified atom stereocenters. The molecule has 0 spiro atoms. The minimum atomic E-state index is -0.246. The number of nitrogens with one attached hydrogen (secondary N) is 1. The van der Waals surface area contributed by atoms with E-state index in [2.05, 4.69) is 5.32 Å². The number of hydrogen-bond acceptors (Lipinski definition) is 4. The van der Waals surface area contributed by atoms with Crippen molar-refractivity contribution in [1.29, 1.82) is 0 Å². The van der Waals surface area contributed by atoms with Crippen molar-refractivity contribution in [3.8, 4) is 27.4 Å². The van der Waals surface area contributed by atoms with Crippen LogP contribution in [-0.4, -0.2) is 22.6 Å². The second-order valence-corrected chi connectivity index (χ2v) is 10.1. The lowest BCUT2D eigenvalue weighted by Gasteiger charge is -2.20. The zero-order valence-electron chi connectivity index (χ0n) is 19.7. The van der Waals surface area contributed by atoms with E-state index >= 15 is 4.39 Å².